The quantitative estimate of drug-likeness (QED) is 0.657. The smallest absolute Gasteiger partial charge is 0.259 e. The number of rotatable bonds is 5. The van der Waals surface area contributed by atoms with Gasteiger partial charge in [-0.3, -0.25) is 20.4 Å². The van der Waals surface area contributed by atoms with Crippen molar-refractivity contribution in [3.63, 3.8) is 0 Å². The average molecular weight is 439 g/mol. The Morgan fingerprint density at radius 1 is 1.25 bits per heavy atom. The van der Waals surface area contributed by atoms with Crippen molar-refractivity contribution in [3.8, 4) is 5.75 Å². The molecule has 3 atom stereocenters. The Morgan fingerprint density at radius 2 is 2.06 bits per heavy atom. The number of nitrogens with zero attached hydrogens (tertiary/aromatic N) is 3. The van der Waals surface area contributed by atoms with Crippen LogP contribution >= 0.6 is 0 Å². The van der Waals surface area contributed by atoms with Crippen LogP contribution in [0.5, 0.6) is 5.75 Å². The number of aryl methyl sites for hydroxylation is 1. The van der Waals surface area contributed by atoms with Crippen molar-refractivity contribution in [2.75, 3.05) is 25.5 Å². The molecule has 2 aliphatic heterocycles. The van der Waals surface area contributed by atoms with Crippen LogP contribution in [0.4, 0.5) is 5.69 Å². The van der Waals surface area contributed by atoms with Gasteiger partial charge in [-0.25, -0.2) is 9.97 Å². The summed E-state index contributed by atoms with van der Waals surface area (Å²) < 4.78 is 5.30. The lowest BCUT2D eigenvalue weighted by molar-refractivity contribution is -0.139. The molecule has 0 spiro atoms. The first-order valence-corrected chi connectivity index (χ1v) is 11.1. The summed E-state index contributed by atoms with van der Waals surface area (Å²) in [4.78, 5) is 37.2. The van der Waals surface area contributed by atoms with Gasteiger partial charge in [-0.1, -0.05) is 12.1 Å². The highest BCUT2D eigenvalue weighted by molar-refractivity contribution is 6.05. The van der Waals surface area contributed by atoms with E-state index in [1.54, 1.807) is 32.4 Å². The van der Waals surface area contributed by atoms with Gasteiger partial charge in [0.25, 0.3) is 5.91 Å². The van der Waals surface area contributed by atoms with Crippen molar-refractivity contribution < 1.29 is 14.3 Å². The molecule has 2 aliphatic rings. The van der Waals surface area contributed by atoms with Crippen molar-refractivity contribution in [1.29, 1.82) is 0 Å². The number of hydrazine groups is 1. The molecule has 4 rings (SSSR count). The van der Waals surface area contributed by atoms with Crippen LogP contribution in [-0.2, 0) is 4.79 Å². The number of hydrogen-bond acceptors (Lipinski definition) is 7. The van der Waals surface area contributed by atoms with E-state index >= 15 is 0 Å². The predicted octanol–water partition coefficient (Wildman–Crippen LogP) is 2.21. The number of hydrogen-bond donors (Lipinski definition) is 3. The van der Waals surface area contributed by atoms with Gasteiger partial charge in [-0.15, -0.1) is 0 Å². The van der Waals surface area contributed by atoms with Crippen LogP contribution in [0.1, 0.15) is 54.1 Å². The molecule has 9 nitrogen and oxygen atoms in total. The summed E-state index contributed by atoms with van der Waals surface area (Å²) in [7, 11) is 1.56. The summed E-state index contributed by atoms with van der Waals surface area (Å²) in [6.07, 6.45) is 4.37. The molecule has 170 valence electrons. The van der Waals surface area contributed by atoms with Gasteiger partial charge in [0.2, 0.25) is 5.91 Å². The number of para-hydroxylation sites is 2. The van der Waals surface area contributed by atoms with Crippen LogP contribution in [0.25, 0.3) is 0 Å². The van der Waals surface area contributed by atoms with Gasteiger partial charge in [0, 0.05) is 25.3 Å². The normalized spacial score (nSPS) is 23.1. The number of carbonyl (C=O) groups excluding carboxylic acids is 2. The Labute approximate surface area is 187 Å². The third-order valence-electron chi connectivity index (χ3n) is 6.25. The predicted molar refractivity (Wildman–Crippen MR) is 120 cm³/mol. The monoisotopic (exact) mass is 438 g/mol. The Kier molecular flexibility index (Phi) is 6.66. The van der Waals surface area contributed by atoms with Crippen LogP contribution in [0.2, 0.25) is 0 Å². The number of piperidine rings is 1. The standard InChI is InChI=1S/C23H30N6O3/c1-14-16(22(30)27-18-8-4-5-10-20(18)32-3)12-24-21(26-14)19-9-6-7-11-29(19)23(31)17-13-25-28-15(17)2/h4-5,8,10,12,15,17,19,25,28H,6-7,9,11,13H2,1-3H3,(H,27,30). The molecule has 2 saturated heterocycles. The largest absolute Gasteiger partial charge is 0.495 e. The highest BCUT2D eigenvalue weighted by Crippen LogP contribution is 2.31. The number of benzene rings is 1. The van der Waals surface area contributed by atoms with E-state index < -0.39 is 0 Å². The summed E-state index contributed by atoms with van der Waals surface area (Å²) in [5, 5.41) is 2.86. The first-order chi connectivity index (χ1) is 15.5. The van der Waals surface area contributed by atoms with Gasteiger partial charge >= 0.3 is 0 Å². The summed E-state index contributed by atoms with van der Waals surface area (Å²) in [5.74, 6) is 0.891. The van der Waals surface area contributed by atoms with E-state index in [4.69, 9.17) is 4.74 Å². The third kappa shape index (κ3) is 4.44. The van der Waals surface area contributed by atoms with E-state index in [0.29, 0.717) is 41.6 Å². The van der Waals surface area contributed by atoms with E-state index in [1.807, 2.05) is 24.0 Å². The lowest BCUT2D eigenvalue weighted by Gasteiger charge is -2.37. The topological polar surface area (TPSA) is 108 Å². The van der Waals surface area contributed by atoms with Crippen LogP contribution in [0, 0.1) is 12.8 Å². The molecular weight excluding hydrogens is 408 g/mol. The SMILES string of the molecule is COc1ccccc1NC(=O)c1cnc(C2CCCCN2C(=O)C2CNNC2C)nc1C. The van der Waals surface area contributed by atoms with Crippen LogP contribution in [-0.4, -0.2) is 52.9 Å². The van der Waals surface area contributed by atoms with Crippen LogP contribution < -0.4 is 20.9 Å². The minimum absolute atomic E-state index is 0.0776. The number of anilines is 1. The molecule has 2 fully saturated rings. The molecule has 0 saturated carbocycles. The minimum Gasteiger partial charge on any atom is -0.495 e. The molecule has 1 aromatic carbocycles. The van der Waals surface area contributed by atoms with Crippen molar-refractivity contribution in [2.45, 2.75) is 45.2 Å². The molecule has 2 aromatic rings. The number of nitrogens with one attached hydrogen (secondary N) is 3. The minimum atomic E-state index is -0.299. The number of methoxy groups -OCH3 is 1. The summed E-state index contributed by atoms with van der Waals surface area (Å²) >= 11 is 0. The van der Waals surface area contributed by atoms with Gasteiger partial charge < -0.3 is 15.0 Å². The fraction of sp³-hybridized carbons (Fsp3) is 0.478. The molecule has 0 aliphatic carbocycles. The third-order valence-corrected chi connectivity index (χ3v) is 6.25. The van der Waals surface area contributed by atoms with E-state index in [0.717, 1.165) is 19.3 Å². The number of likely N-dealkylation sites (tertiary alicyclic amines) is 1. The molecule has 3 heterocycles. The Morgan fingerprint density at radius 3 is 2.78 bits per heavy atom. The molecule has 0 bridgehead atoms. The maximum Gasteiger partial charge on any atom is 0.259 e. The van der Waals surface area contributed by atoms with E-state index in [2.05, 4.69) is 26.1 Å². The number of aromatic nitrogens is 2. The molecule has 0 radical (unpaired) electrons. The number of amides is 2. The van der Waals surface area contributed by atoms with Crippen LogP contribution in [0.3, 0.4) is 0 Å². The molecular formula is C23H30N6O3. The van der Waals surface area contributed by atoms with Crippen molar-refractivity contribution >= 4 is 17.5 Å². The lowest BCUT2D eigenvalue weighted by atomic mass is 9.96. The van der Waals surface area contributed by atoms with Gasteiger partial charge in [0.15, 0.2) is 5.82 Å². The number of ether oxygens (including phenoxy) is 1. The first kappa shape index (κ1) is 22.2. The molecule has 1 aromatic heterocycles. The molecule has 32 heavy (non-hydrogen) atoms. The molecule has 3 N–H and O–H groups in total. The molecule has 2 amide bonds. The maximum atomic E-state index is 13.2. The van der Waals surface area contributed by atoms with Gasteiger partial charge in [-0.05, 0) is 45.2 Å². The fourth-order valence-electron chi connectivity index (χ4n) is 4.39. The number of carbonyl (C=O) groups is 2. The average Bonchev–Trinajstić information content (AvgIpc) is 3.24. The Hall–Kier alpha value is -3.04. The second-order valence-corrected chi connectivity index (χ2v) is 8.35. The first-order valence-electron chi connectivity index (χ1n) is 11.1. The van der Waals surface area contributed by atoms with E-state index in [-0.39, 0.29) is 29.8 Å². The summed E-state index contributed by atoms with van der Waals surface area (Å²) in [6, 6.07) is 7.14. The Bertz CT molecular complexity index is 997. The van der Waals surface area contributed by atoms with Crippen molar-refractivity contribution in [2.24, 2.45) is 5.92 Å². The zero-order chi connectivity index (χ0) is 22.7. The van der Waals surface area contributed by atoms with Crippen molar-refractivity contribution in [1.82, 2.24) is 25.7 Å². The maximum absolute atomic E-state index is 13.2. The van der Waals surface area contributed by atoms with Gasteiger partial charge in [0.05, 0.1) is 36.0 Å². The highest BCUT2D eigenvalue weighted by atomic mass is 16.5. The zero-order valence-electron chi connectivity index (χ0n) is 18.7. The summed E-state index contributed by atoms with van der Waals surface area (Å²) in [5.41, 5.74) is 7.75. The lowest BCUT2D eigenvalue weighted by Crippen LogP contribution is -2.45. The second kappa shape index (κ2) is 9.62. The van der Waals surface area contributed by atoms with E-state index in [1.165, 1.54) is 0 Å². The Balaban J connectivity index is 1.53. The second-order valence-electron chi connectivity index (χ2n) is 8.35. The highest BCUT2D eigenvalue weighted by Gasteiger charge is 2.38. The zero-order valence-corrected chi connectivity index (χ0v) is 18.7. The molecule has 3 unspecified atom stereocenters. The fourth-order valence-corrected chi connectivity index (χ4v) is 4.39. The van der Waals surface area contributed by atoms with Gasteiger partial charge in [-0.2, -0.15) is 0 Å². The van der Waals surface area contributed by atoms with Gasteiger partial charge in [0.1, 0.15) is 5.75 Å². The van der Waals surface area contributed by atoms with Crippen molar-refractivity contribution in [3.05, 3.63) is 47.5 Å². The van der Waals surface area contributed by atoms with E-state index in [9.17, 15) is 9.59 Å². The van der Waals surface area contributed by atoms with Crippen LogP contribution in [0.15, 0.2) is 30.5 Å². The summed E-state index contributed by atoms with van der Waals surface area (Å²) in [6.45, 7) is 5.12. The molecule has 9 heteroatoms.